The predicted molar refractivity (Wildman–Crippen MR) is 87.4 cm³/mol. The minimum absolute atomic E-state index is 0.00447. The van der Waals surface area contributed by atoms with E-state index < -0.39 is 19.9 Å². The molecule has 1 aromatic carbocycles. The van der Waals surface area contributed by atoms with Gasteiger partial charge in [0.15, 0.2) is 9.84 Å². The molecule has 1 aliphatic rings. The van der Waals surface area contributed by atoms with Crippen LogP contribution in [0.25, 0.3) is 0 Å². The topological polar surface area (TPSA) is 89.5 Å². The molecule has 6 nitrogen and oxygen atoms in total. The van der Waals surface area contributed by atoms with E-state index in [2.05, 4.69) is 4.72 Å². The zero-order valence-electron chi connectivity index (χ0n) is 13.9. The van der Waals surface area contributed by atoms with E-state index >= 15 is 0 Å². The molecular formula is C15H23NO5S2. The number of ether oxygens (including phenoxy) is 1. The quantitative estimate of drug-likeness (QED) is 0.857. The molecule has 130 valence electrons. The molecule has 1 N–H and O–H groups in total. The predicted octanol–water partition coefficient (Wildman–Crippen LogP) is 1.43. The van der Waals surface area contributed by atoms with Crippen LogP contribution in [-0.4, -0.2) is 42.3 Å². The Morgan fingerprint density at radius 2 is 1.61 bits per heavy atom. The first-order valence-corrected chi connectivity index (χ1v) is 10.6. The van der Waals surface area contributed by atoms with E-state index in [0.717, 1.165) is 6.26 Å². The summed E-state index contributed by atoms with van der Waals surface area (Å²) >= 11 is 0. The van der Waals surface area contributed by atoms with Crippen molar-refractivity contribution in [2.45, 2.75) is 42.7 Å². The van der Waals surface area contributed by atoms with E-state index in [-0.39, 0.29) is 33.3 Å². The van der Waals surface area contributed by atoms with Crippen molar-refractivity contribution in [1.82, 2.24) is 4.72 Å². The fourth-order valence-corrected chi connectivity index (χ4v) is 6.69. The van der Waals surface area contributed by atoms with Crippen molar-refractivity contribution in [3.63, 3.8) is 0 Å². The molecule has 8 heteroatoms. The monoisotopic (exact) mass is 361 g/mol. The van der Waals surface area contributed by atoms with Crippen LogP contribution in [0, 0.1) is 11.3 Å². The Morgan fingerprint density at radius 3 is 2.04 bits per heavy atom. The zero-order chi connectivity index (χ0) is 17.6. The lowest BCUT2D eigenvalue weighted by atomic mass is 9.58. The van der Waals surface area contributed by atoms with Crippen LogP contribution in [0.4, 0.5) is 0 Å². The molecule has 0 aromatic heterocycles. The molecule has 2 rings (SSSR count). The molecule has 1 aliphatic carbocycles. The van der Waals surface area contributed by atoms with Crippen LogP contribution in [-0.2, 0) is 24.6 Å². The molecule has 0 spiro atoms. The van der Waals surface area contributed by atoms with Crippen molar-refractivity contribution in [3.8, 4) is 0 Å². The number of hydrogen-bond donors (Lipinski definition) is 1. The highest BCUT2D eigenvalue weighted by Gasteiger charge is 2.56. The molecule has 1 fully saturated rings. The first-order valence-electron chi connectivity index (χ1n) is 7.27. The maximum Gasteiger partial charge on any atom is 0.242 e. The molecule has 0 aliphatic heterocycles. The van der Waals surface area contributed by atoms with Crippen molar-refractivity contribution < 1.29 is 21.6 Å². The van der Waals surface area contributed by atoms with Crippen LogP contribution in [0.15, 0.2) is 34.1 Å². The summed E-state index contributed by atoms with van der Waals surface area (Å²) in [6.07, 6.45) is 0.943. The maximum absolute atomic E-state index is 12.7. The number of hydrogen-bond acceptors (Lipinski definition) is 5. The van der Waals surface area contributed by atoms with E-state index in [9.17, 15) is 16.8 Å². The molecule has 1 saturated carbocycles. The molecule has 0 bridgehead atoms. The Balaban J connectivity index is 2.39. The summed E-state index contributed by atoms with van der Waals surface area (Å²) in [4.78, 5) is -0.410. The third-order valence-corrected chi connectivity index (χ3v) is 7.40. The van der Waals surface area contributed by atoms with Gasteiger partial charge < -0.3 is 4.74 Å². The van der Waals surface area contributed by atoms with Gasteiger partial charge in [-0.3, -0.25) is 0 Å². The SMILES string of the molecule is CO[C@@H]1[C@@H](C)[C@H](NS(=O)(=O)c2ccccc2S(C)(=O)=O)C1(C)C. The van der Waals surface area contributed by atoms with Crippen molar-refractivity contribution in [2.24, 2.45) is 11.3 Å². The van der Waals surface area contributed by atoms with Crippen molar-refractivity contribution in [1.29, 1.82) is 0 Å². The number of rotatable bonds is 5. The van der Waals surface area contributed by atoms with Gasteiger partial charge >= 0.3 is 0 Å². The summed E-state index contributed by atoms with van der Waals surface area (Å²) in [7, 11) is -5.99. The van der Waals surface area contributed by atoms with Gasteiger partial charge in [-0.2, -0.15) is 0 Å². The Kier molecular flexibility index (Phi) is 4.67. The van der Waals surface area contributed by atoms with Crippen LogP contribution in [0.2, 0.25) is 0 Å². The van der Waals surface area contributed by atoms with Gasteiger partial charge in [0.05, 0.1) is 11.0 Å². The Bertz CT molecular complexity index is 799. The summed E-state index contributed by atoms with van der Waals surface area (Å²) in [6, 6.07) is 5.30. The summed E-state index contributed by atoms with van der Waals surface area (Å²) in [5.74, 6) is -0.00447. The molecule has 3 atom stereocenters. The summed E-state index contributed by atoms with van der Waals surface area (Å²) in [6.45, 7) is 5.77. The molecule has 0 unspecified atom stereocenters. The highest BCUT2D eigenvalue weighted by atomic mass is 32.2. The third kappa shape index (κ3) is 3.17. The first-order chi connectivity index (χ1) is 10.4. The summed E-state index contributed by atoms with van der Waals surface area (Å²) < 4.78 is 57.2. The Hall–Kier alpha value is -0.960. The van der Waals surface area contributed by atoms with Gasteiger partial charge in [0.2, 0.25) is 10.0 Å². The average molecular weight is 361 g/mol. The molecule has 0 saturated heterocycles. The normalized spacial score (nSPS) is 27.4. The highest BCUT2D eigenvalue weighted by molar-refractivity contribution is 7.93. The number of sulfone groups is 1. The standard InChI is InChI=1S/C15H23NO5S2/c1-10-13(15(2,3)14(10)21-4)16-23(19,20)12-9-7-6-8-11(12)22(5,17)18/h6-10,13-14,16H,1-5H3/t10-,13-,14+/m0/s1. The number of nitrogens with one attached hydrogen (secondary N) is 1. The summed E-state index contributed by atoms with van der Waals surface area (Å²) in [5, 5.41) is 0. The van der Waals surface area contributed by atoms with E-state index in [1.165, 1.54) is 24.3 Å². The van der Waals surface area contributed by atoms with E-state index in [1.54, 1.807) is 7.11 Å². The second-order valence-corrected chi connectivity index (χ2v) is 10.3. The minimum atomic E-state index is -3.95. The smallest absolute Gasteiger partial charge is 0.242 e. The van der Waals surface area contributed by atoms with E-state index in [4.69, 9.17) is 4.74 Å². The largest absolute Gasteiger partial charge is 0.380 e. The fourth-order valence-electron chi connectivity index (χ4n) is 3.58. The van der Waals surface area contributed by atoms with Gasteiger partial charge in [-0.25, -0.2) is 21.6 Å². The maximum atomic E-state index is 12.7. The summed E-state index contributed by atoms with van der Waals surface area (Å²) in [5.41, 5.74) is -0.374. The van der Waals surface area contributed by atoms with Gasteiger partial charge in [0, 0.05) is 24.8 Å². The van der Waals surface area contributed by atoms with Crippen LogP contribution >= 0.6 is 0 Å². The zero-order valence-corrected chi connectivity index (χ0v) is 15.5. The molecule has 0 radical (unpaired) electrons. The molecule has 0 amide bonds. The number of benzene rings is 1. The highest BCUT2D eigenvalue weighted by Crippen LogP contribution is 2.47. The molecule has 23 heavy (non-hydrogen) atoms. The van der Waals surface area contributed by atoms with Gasteiger partial charge in [0.25, 0.3) is 0 Å². The second-order valence-electron chi connectivity index (χ2n) is 6.65. The van der Waals surface area contributed by atoms with Gasteiger partial charge in [0.1, 0.15) is 4.90 Å². The number of methoxy groups -OCH3 is 1. The van der Waals surface area contributed by atoms with Gasteiger partial charge in [-0.15, -0.1) is 0 Å². The third-order valence-electron chi connectivity index (χ3n) is 4.61. The molecule has 0 heterocycles. The second kappa shape index (κ2) is 5.84. The van der Waals surface area contributed by atoms with Crippen molar-refractivity contribution >= 4 is 19.9 Å². The Morgan fingerprint density at radius 1 is 1.09 bits per heavy atom. The van der Waals surface area contributed by atoms with Crippen LogP contribution in [0.3, 0.4) is 0 Å². The van der Waals surface area contributed by atoms with E-state index in [1.807, 2.05) is 20.8 Å². The van der Waals surface area contributed by atoms with Crippen LogP contribution in [0.1, 0.15) is 20.8 Å². The average Bonchev–Trinajstić information content (AvgIpc) is 2.44. The van der Waals surface area contributed by atoms with Gasteiger partial charge in [-0.1, -0.05) is 32.9 Å². The molecule has 1 aromatic rings. The van der Waals surface area contributed by atoms with Gasteiger partial charge in [-0.05, 0) is 18.1 Å². The Labute approximate surface area is 138 Å². The van der Waals surface area contributed by atoms with E-state index in [0.29, 0.717) is 0 Å². The van der Waals surface area contributed by atoms with Crippen LogP contribution < -0.4 is 4.72 Å². The van der Waals surface area contributed by atoms with Crippen molar-refractivity contribution in [3.05, 3.63) is 24.3 Å². The molecular weight excluding hydrogens is 338 g/mol. The first kappa shape index (κ1) is 18.4. The number of sulfonamides is 1. The fraction of sp³-hybridized carbons (Fsp3) is 0.600. The lowest BCUT2D eigenvalue weighted by Gasteiger charge is -2.56. The van der Waals surface area contributed by atoms with Crippen molar-refractivity contribution in [2.75, 3.05) is 13.4 Å². The minimum Gasteiger partial charge on any atom is -0.380 e. The van der Waals surface area contributed by atoms with Crippen LogP contribution in [0.5, 0.6) is 0 Å². The lowest BCUT2D eigenvalue weighted by Crippen LogP contribution is -2.67. The lowest BCUT2D eigenvalue weighted by molar-refractivity contribution is -0.138.